The highest BCUT2D eigenvalue weighted by atomic mass is 16.5. The van der Waals surface area contributed by atoms with Gasteiger partial charge in [-0.25, -0.2) is 0 Å². The first-order valence-corrected chi connectivity index (χ1v) is 9.29. The van der Waals surface area contributed by atoms with Crippen molar-refractivity contribution >= 4 is 11.8 Å². The Morgan fingerprint density at radius 1 is 1.19 bits per heavy atom. The molecule has 27 heavy (non-hydrogen) atoms. The van der Waals surface area contributed by atoms with E-state index in [9.17, 15) is 9.59 Å². The maximum absolute atomic E-state index is 12.4. The van der Waals surface area contributed by atoms with Crippen LogP contribution >= 0.6 is 0 Å². The molecule has 2 amide bonds. The molecule has 1 saturated heterocycles. The molecule has 0 aromatic heterocycles. The number of hydrogen-bond acceptors (Lipinski definition) is 3. The number of likely N-dealkylation sites (tertiary alicyclic amines) is 1. The van der Waals surface area contributed by atoms with E-state index in [-0.39, 0.29) is 24.2 Å². The van der Waals surface area contributed by atoms with Gasteiger partial charge in [0.1, 0.15) is 5.75 Å². The molecule has 0 bridgehead atoms. The van der Waals surface area contributed by atoms with Crippen LogP contribution in [-0.2, 0) is 22.6 Å². The zero-order valence-corrected chi connectivity index (χ0v) is 15.9. The molecular formula is C22H26N2O3. The van der Waals surface area contributed by atoms with E-state index in [0.717, 1.165) is 16.9 Å². The van der Waals surface area contributed by atoms with E-state index in [1.54, 1.807) is 12.0 Å². The van der Waals surface area contributed by atoms with E-state index in [2.05, 4.69) is 5.32 Å². The summed E-state index contributed by atoms with van der Waals surface area (Å²) in [4.78, 5) is 26.5. The van der Waals surface area contributed by atoms with Crippen molar-refractivity contribution in [2.75, 3.05) is 20.2 Å². The lowest BCUT2D eigenvalue weighted by Crippen LogP contribution is -2.33. The Hall–Kier alpha value is -2.82. The van der Waals surface area contributed by atoms with Crippen LogP contribution in [0.15, 0.2) is 48.5 Å². The summed E-state index contributed by atoms with van der Waals surface area (Å²) >= 11 is 0. The van der Waals surface area contributed by atoms with Crippen molar-refractivity contribution in [3.8, 4) is 5.75 Å². The van der Waals surface area contributed by atoms with Crippen molar-refractivity contribution in [3.63, 3.8) is 0 Å². The standard InChI is InChI=1S/C22H26N2O3/c1-16-7-9-17(10-8-16)14-23-22(26)19-13-21(25)24(15-19)12-11-18-5-3-4-6-20(18)27-2/h3-10,19H,11-15H2,1-2H3,(H,23,26). The smallest absolute Gasteiger partial charge is 0.225 e. The summed E-state index contributed by atoms with van der Waals surface area (Å²) in [7, 11) is 1.65. The predicted octanol–water partition coefficient (Wildman–Crippen LogP) is 2.71. The minimum atomic E-state index is -0.277. The lowest BCUT2D eigenvalue weighted by Gasteiger charge is -2.17. The van der Waals surface area contributed by atoms with Gasteiger partial charge in [-0.15, -0.1) is 0 Å². The van der Waals surface area contributed by atoms with Crippen molar-refractivity contribution in [2.45, 2.75) is 26.3 Å². The van der Waals surface area contributed by atoms with Crippen LogP contribution in [0.1, 0.15) is 23.1 Å². The van der Waals surface area contributed by atoms with Crippen LogP contribution in [0.4, 0.5) is 0 Å². The molecule has 0 saturated carbocycles. The van der Waals surface area contributed by atoms with Crippen molar-refractivity contribution in [1.82, 2.24) is 10.2 Å². The fourth-order valence-electron chi connectivity index (χ4n) is 3.37. The molecule has 5 nitrogen and oxygen atoms in total. The molecule has 1 aliphatic heterocycles. The predicted molar refractivity (Wildman–Crippen MR) is 104 cm³/mol. The van der Waals surface area contributed by atoms with Gasteiger partial charge in [0, 0.05) is 26.1 Å². The largest absolute Gasteiger partial charge is 0.496 e. The molecule has 2 aromatic carbocycles. The number of amides is 2. The summed E-state index contributed by atoms with van der Waals surface area (Å²) < 4.78 is 5.36. The SMILES string of the molecule is COc1ccccc1CCN1CC(C(=O)NCc2ccc(C)cc2)CC1=O. The van der Waals surface area contributed by atoms with Crippen molar-refractivity contribution in [2.24, 2.45) is 5.92 Å². The van der Waals surface area contributed by atoms with E-state index in [1.807, 2.05) is 55.5 Å². The number of rotatable bonds is 7. The molecule has 1 N–H and O–H groups in total. The number of nitrogens with one attached hydrogen (secondary N) is 1. The molecule has 1 atom stereocenters. The Kier molecular flexibility index (Phi) is 6.12. The summed E-state index contributed by atoms with van der Waals surface area (Å²) in [5.41, 5.74) is 3.32. The van der Waals surface area contributed by atoms with E-state index in [4.69, 9.17) is 4.74 Å². The van der Waals surface area contributed by atoms with Gasteiger partial charge in [0.2, 0.25) is 11.8 Å². The molecule has 1 heterocycles. The van der Waals surface area contributed by atoms with E-state index >= 15 is 0 Å². The van der Waals surface area contributed by atoms with Gasteiger partial charge in [-0.3, -0.25) is 9.59 Å². The topological polar surface area (TPSA) is 58.6 Å². The first kappa shape index (κ1) is 19.0. The average Bonchev–Trinajstić information content (AvgIpc) is 3.06. The second kappa shape index (κ2) is 8.71. The Morgan fingerprint density at radius 3 is 2.67 bits per heavy atom. The fourth-order valence-corrected chi connectivity index (χ4v) is 3.37. The molecule has 3 rings (SSSR count). The Balaban J connectivity index is 1.50. The molecule has 0 spiro atoms. The molecule has 1 aliphatic rings. The van der Waals surface area contributed by atoms with E-state index < -0.39 is 0 Å². The maximum Gasteiger partial charge on any atom is 0.225 e. The lowest BCUT2D eigenvalue weighted by atomic mass is 10.1. The minimum absolute atomic E-state index is 0.0420. The van der Waals surface area contributed by atoms with Crippen molar-refractivity contribution < 1.29 is 14.3 Å². The third-order valence-corrected chi connectivity index (χ3v) is 5.02. The van der Waals surface area contributed by atoms with Gasteiger partial charge in [0.25, 0.3) is 0 Å². The second-order valence-corrected chi connectivity index (χ2v) is 7.01. The van der Waals surface area contributed by atoms with Gasteiger partial charge in [0.05, 0.1) is 13.0 Å². The maximum atomic E-state index is 12.4. The van der Waals surface area contributed by atoms with Gasteiger partial charge in [-0.1, -0.05) is 48.0 Å². The van der Waals surface area contributed by atoms with E-state index in [1.165, 1.54) is 5.56 Å². The van der Waals surface area contributed by atoms with Gasteiger partial charge >= 0.3 is 0 Å². The summed E-state index contributed by atoms with van der Waals surface area (Å²) in [5.74, 6) is 0.543. The van der Waals surface area contributed by atoms with Crippen molar-refractivity contribution in [1.29, 1.82) is 0 Å². The molecule has 5 heteroatoms. The van der Waals surface area contributed by atoms with Gasteiger partial charge < -0.3 is 15.0 Å². The Bertz CT molecular complexity index is 801. The molecule has 1 unspecified atom stereocenters. The number of nitrogens with zero attached hydrogens (tertiary/aromatic N) is 1. The van der Waals surface area contributed by atoms with Crippen LogP contribution in [0.5, 0.6) is 5.75 Å². The summed E-state index contributed by atoms with van der Waals surface area (Å²) in [6, 6.07) is 15.9. The van der Waals surface area contributed by atoms with Gasteiger partial charge in [0.15, 0.2) is 0 Å². The normalized spacial score (nSPS) is 16.4. The first-order chi connectivity index (χ1) is 13.1. The number of ether oxygens (including phenoxy) is 1. The highest BCUT2D eigenvalue weighted by Gasteiger charge is 2.33. The molecule has 1 fully saturated rings. The summed E-state index contributed by atoms with van der Waals surface area (Å²) in [5, 5.41) is 2.96. The van der Waals surface area contributed by atoms with Crippen LogP contribution in [0.25, 0.3) is 0 Å². The van der Waals surface area contributed by atoms with Crippen LogP contribution < -0.4 is 10.1 Å². The van der Waals surface area contributed by atoms with Gasteiger partial charge in [-0.2, -0.15) is 0 Å². The zero-order chi connectivity index (χ0) is 19.2. The number of hydrogen-bond donors (Lipinski definition) is 1. The number of aryl methyl sites for hydroxylation is 1. The minimum Gasteiger partial charge on any atom is -0.496 e. The monoisotopic (exact) mass is 366 g/mol. The third-order valence-electron chi connectivity index (χ3n) is 5.02. The first-order valence-electron chi connectivity index (χ1n) is 9.29. The lowest BCUT2D eigenvalue weighted by molar-refractivity contribution is -0.129. The molecular weight excluding hydrogens is 340 g/mol. The molecule has 142 valence electrons. The number of benzene rings is 2. The van der Waals surface area contributed by atoms with Crippen LogP contribution in [0.2, 0.25) is 0 Å². The van der Waals surface area contributed by atoms with Crippen LogP contribution in [-0.4, -0.2) is 36.9 Å². The van der Waals surface area contributed by atoms with Crippen LogP contribution in [0, 0.1) is 12.8 Å². The number of methoxy groups -OCH3 is 1. The van der Waals surface area contributed by atoms with E-state index in [0.29, 0.717) is 26.1 Å². The fraction of sp³-hybridized carbons (Fsp3) is 0.364. The van der Waals surface area contributed by atoms with Gasteiger partial charge in [-0.05, 0) is 30.5 Å². The summed E-state index contributed by atoms with van der Waals surface area (Å²) in [6.45, 7) is 3.60. The zero-order valence-electron chi connectivity index (χ0n) is 15.9. The highest BCUT2D eigenvalue weighted by molar-refractivity contribution is 5.89. The third kappa shape index (κ3) is 4.88. The second-order valence-electron chi connectivity index (χ2n) is 7.01. The molecule has 0 radical (unpaired) electrons. The summed E-state index contributed by atoms with van der Waals surface area (Å²) in [6.07, 6.45) is 0.999. The highest BCUT2D eigenvalue weighted by Crippen LogP contribution is 2.22. The molecule has 2 aromatic rings. The Morgan fingerprint density at radius 2 is 1.93 bits per heavy atom. The Labute approximate surface area is 160 Å². The molecule has 0 aliphatic carbocycles. The van der Waals surface area contributed by atoms with Crippen molar-refractivity contribution in [3.05, 3.63) is 65.2 Å². The number of carbonyl (C=O) groups excluding carboxylic acids is 2. The quantitative estimate of drug-likeness (QED) is 0.820. The van der Waals surface area contributed by atoms with Crippen LogP contribution in [0.3, 0.4) is 0 Å². The number of para-hydroxylation sites is 1. The average molecular weight is 366 g/mol. The number of carbonyl (C=O) groups is 2.